The fourth-order valence-corrected chi connectivity index (χ4v) is 3.51. The van der Waals surface area contributed by atoms with Gasteiger partial charge in [0, 0.05) is 6.54 Å². The van der Waals surface area contributed by atoms with Crippen LogP contribution < -0.4 is 10.6 Å². The number of rotatable bonds is 10. The topological polar surface area (TPSA) is 154 Å². The van der Waals surface area contributed by atoms with Crippen molar-refractivity contribution in [3.63, 3.8) is 0 Å². The zero-order valence-electron chi connectivity index (χ0n) is 19.7. The number of carboxylic acids is 1. The average Bonchev–Trinajstić information content (AvgIpc) is 3.25. The number of alkyl carbamates (subject to hydrolysis) is 1. The van der Waals surface area contributed by atoms with Crippen molar-refractivity contribution < 1.29 is 38.9 Å². The van der Waals surface area contributed by atoms with E-state index in [1.165, 1.54) is 4.90 Å². The third kappa shape index (κ3) is 8.99. The van der Waals surface area contributed by atoms with Crippen molar-refractivity contribution >= 4 is 23.9 Å². The molecule has 1 aliphatic rings. The van der Waals surface area contributed by atoms with Crippen molar-refractivity contribution in [1.82, 2.24) is 15.5 Å². The molecule has 0 aliphatic carbocycles. The summed E-state index contributed by atoms with van der Waals surface area (Å²) in [6, 6.07) is 6.77. The van der Waals surface area contributed by atoms with E-state index in [0.29, 0.717) is 19.4 Å². The third-order valence-corrected chi connectivity index (χ3v) is 5.03. The van der Waals surface area contributed by atoms with E-state index >= 15 is 0 Å². The highest BCUT2D eigenvalue weighted by Gasteiger charge is 2.35. The maximum atomic E-state index is 12.8. The van der Waals surface area contributed by atoms with Crippen molar-refractivity contribution in [3.05, 3.63) is 35.9 Å². The van der Waals surface area contributed by atoms with Crippen molar-refractivity contribution in [1.29, 1.82) is 0 Å². The number of carboxylic acid groups (broad SMARTS) is 1. The molecule has 4 N–H and O–H groups in total. The number of nitrogens with one attached hydrogen (secondary N) is 2. The predicted molar refractivity (Wildman–Crippen MR) is 120 cm³/mol. The van der Waals surface area contributed by atoms with Crippen LogP contribution in [0.15, 0.2) is 30.3 Å². The lowest BCUT2D eigenvalue weighted by molar-refractivity contribution is -0.156. The number of benzene rings is 1. The number of carbonyl (C=O) groups is 4. The minimum atomic E-state index is -1.32. The lowest BCUT2D eigenvalue weighted by atomic mass is 10.1. The summed E-state index contributed by atoms with van der Waals surface area (Å²) in [7, 11) is 0. The summed E-state index contributed by atoms with van der Waals surface area (Å²) in [6.07, 6.45) is -1.59. The molecule has 1 fully saturated rings. The molecule has 2 amide bonds. The number of likely N-dealkylation sites (tertiary alicyclic amines) is 1. The van der Waals surface area contributed by atoms with Gasteiger partial charge in [-0.05, 0) is 39.2 Å². The fourth-order valence-electron chi connectivity index (χ4n) is 3.51. The van der Waals surface area contributed by atoms with Gasteiger partial charge in [0.2, 0.25) is 5.91 Å². The number of aliphatic carboxylic acids is 1. The Hall–Kier alpha value is -3.18. The molecule has 0 saturated carbocycles. The van der Waals surface area contributed by atoms with E-state index in [1.807, 2.05) is 6.07 Å². The van der Waals surface area contributed by atoms with E-state index in [-0.39, 0.29) is 13.2 Å². The first-order valence-electron chi connectivity index (χ1n) is 11.1. The first kappa shape index (κ1) is 27.1. The van der Waals surface area contributed by atoms with E-state index in [0.717, 1.165) is 5.56 Å². The van der Waals surface area contributed by atoms with Gasteiger partial charge in [-0.15, -0.1) is 0 Å². The van der Waals surface area contributed by atoms with Crippen LogP contribution in [0.4, 0.5) is 4.79 Å². The number of carbonyl (C=O) groups excluding carboxylic acids is 3. The zero-order chi connectivity index (χ0) is 25.3. The summed E-state index contributed by atoms with van der Waals surface area (Å²) in [5.74, 6) is -2.50. The summed E-state index contributed by atoms with van der Waals surface area (Å²) in [5.41, 5.74) is -0.0449. The Kier molecular flexibility index (Phi) is 9.82. The molecule has 1 aliphatic heterocycles. The summed E-state index contributed by atoms with van der Waals surface area (Å²) < 4.78 is 10.4. The molecule has 1 saturated heterocycles. The Bertz CT molecular complexity index is 856. The van der Waals surface area contributed by atoms with E-state index in [4.69, 9.17) is 9.47 Å². The molecule has 11 heteroatoms. The highest BCUT2D eigenvalue weighted by atomic mass is 16.6. The number of nitrogens with zero attached hydrogens (tertiary/aromatic N) is 1. The van der Waals surface area contributed by atoms with E-state index < -0.39 is 54.3 Å². The maximum absolute atomic E-state index is 12.8. The fraction of sp³-hybridized carbons (Fsp3) is 0.565. The number of hydrogen-bond acceptors (Lipinski definition) is 8. The SMILES string of the molecule is CC(C)(C)OC(=O)CC(NC(=O)OCc1ccccc1)C(=O)NCC(O)N1CCCC1C(=O)O. The number of aliphatic hydroxyl groups excluding tert-OH is 1. The van der Waals surface area contributed by atoms with Crippen molar-refractivity contribution in [2.75, 3.05) is 13.1 Å². The molecule has 1 aromatic rings. The van der Waals surface area contributed by atoms with Gasteiger partial charge in [0.1, 0.15) is 30.5 Å². The average molecular weight is 480 g/mol. The summed E-state index contributed by atoms with van der Waals surface area (Å²) in [5, 5.41) is 24.5. The van der Waals surface area contributed by atoms with Gasteiger partial charge >= 0.3 is 18.0 Å². The molecule has 1 aromatic carbocycles. The minimum absolute atomic E-state index is 0.0301. The van der Waals surface area contributed by atoms with Crippen LogP contribution in [0.3, 0.4) is 0 Å². The summed E-state index contributed by atoms with van der Waals surface area (Å²) >= 11 is 0. The van der Waals surface area contributed by atoms with Crippen LogP contribution >= 0.6 is 0 Å². The molecule has 2 rings (SSSR count). The van der Waals surface area contributed by atoms with Gasteiger partial charge in [-0.25, -0.2) is 4.79 Å². The summed E-state index contributed by atoms with van der Waals surface area (Å²) in [6.45, 7) is 5.08. The van der Waals surface area contributed by atoms with Crippen molar-refractivity contribution in [2.45, 2.75) is 70.6 Å². The monoisotopic (exact) mass is 479 g/mol. The molecule has 0 radical (unpaired) electrons. The molecular formula is C23H33N3O8. The standard InChI is InChI=1S/C23H33N3O8/c1-23(2,3)34-19(28)12-16(25-22(32)33-14-15-8-5-4-6-9-15)20(29)24-13-18(27)26-11-7-10-17(26)21(30)31/h4-6,8-9,16-18,27H,7,10-14H2,1-3H3,(H,24,29)(H,25,32)(H,30,31). The van der Waals surface area contributed by atoms with E-state index in [2.05, 4.69) is 10.6 Å². The lowest BCUT2D eigenvalue weighted by Gasteiger charge is -2.28. The Labute approximate surface area is 198 Å². The van der Waals surface area contributed by atoms with E-state index in [9.17, 15) is 29.4 Å². The summed E-state index contributed by atoms with van der Waals surface area (Å²) in [4.78, 5) is 50.0. The van der Waals surface area contributed by atoms with Crippen molar-refractivity contribution in [3.8, 4) is 0 Å². The maximum Gasteiger partial charge on any atom is 0.408 e. The quantitative estimate of drug-likeness (QED) is 0.360. The second kappa shape index (κ2) is 12.3. The predicted octanol–water partition coefficient (Wildman–Crippen LogP) is 0.997. The number of amides is 2. The molecular weight excluding hydrogens is 446 g/mol. The van der Waals surface area contributed by atoms with Crippen LogP contribution in [0.2, 0.25) is 0 Å². The van der Waals surface area contributed by atoms with Crippen LogP contribution in [-0.4, -0.2) is 76.1 Å². The van der Waals surface area contributed by atoms with Gasteiger partial charge < -0.3 is 30.3 Å². The Morgan fingerprint density at radius 1 is 1.18 bits per heavy atom. The second-order valence-corrected chi connectivity index (χ2v) is 9.01. The smallest absolute Gasteiger partial charge is 0.408 e. The Balaban J connectivity index is 1.97. The molecule has 0 bridgehead atoms. The first-order chi connectivity index (χ1) is 16.0. The second-order valence-electron chi connectivity index (χ2n) is 9.01. The molecule has 3 atom stereocenters. The number of hydrogen-bond donors (Lipinski definition) is 4. The molecule has 34 heavy (non-hydrogen) atoms. The van der Waals surface area contributed by atoms with Crippen LogP contribution in [0.5, 0.6) is 0 Å². The van der Waals surface area contributed by atoms with Crippen LogP contribution in [0.1, 0.15) is 45.6 Å². The van der Waals surface area contributed by atoms with Crippen LogP contribution in [0, 0.1) is 0 Å². The number of ether oxygens (including phenoxy) is 2. The van der Waals surface area contributed by atoms with Gasteiger partial charge in [-0.3, -0.25) is 19.3 Å². The molecule has 3 unspecified atom stereocenters. The highest BCUT2D eigenvalue weighted by molar-refractivity contribution is 5.89. The third-order valence-electron chi connectivity index (χ3n) is 5.03. The van der Waals surface area contributed by atoms with Gasteiger partial charge in [0.15, 0.2) is 0 Å². The van der Waals surface area contributed by atoms with Crippen molar-refractivity contribution in [2.24, 2.45) is 0 Å². The van der Waals surface area contributed by atoms with Gasteiger partial charge in [0.25, 0.3) is 0 Å². The van der Waals surface area contributed by atoms with Crippen LogP contribution in [-0.2, 0) is 30.5 Å². The van der Waals surface area contributed by atoms with E-state index in [1.54, 1.807) is 45.0 Å². The zero-order valence-corrected chi connectivity index (χ0v) is 19.7. The molecule has 0 aromatic heterocycles. The molecule has 188 valence electrons. The number of esters is 1. The largest absolute Gasteiger partial charge is 0.480 e. The molecule has 11 nitrogen and oxygen atoms in total. The van der Waals surface area contributed by atoms with Gasteiger partial charge in [-0.2, -0.15) is 0 Å². The normalized spacial score (nSPS) is 17.9. The Morgan fingerprint density at radius 3 is 2.47 bits per heavy atom. The van der Waals surface area contributed by atoms with Gasteiger partial charge in [-0.1, -0.05) is 30.3 Å². The first-order valence-corrected chi connectivity index (χ1v) is 11.1. The Morgan fingerprint density at radius 2 is 1.85 bits per heavy atom. The molecule has 1 heterocycles. The number of aliphatic hydroxyl groups is 1. The lowest BCUT2D eigenvalue weighted by Crippen LogP contribution is -2.53. The van der Waals surface area contributed by atoms with Gasteiger partial charge in [0.05, 0.1) is 13.0 Å². The van der Waals surface area contributed by atoms with Crippen LogP contribution in [0.25, 0.3) is 0 Å². The molecule has 0 spiro atoms. The highest BCUT2D eigenvalue weighted by Crippen LogP contribution is 2.19. The minimum Gasteiger partial charge on any atom is -0.480 e.